The fourth-order valence-electron chi connectivity index (χ4n) is 3.74. The summed E-state index contributed by atoms with van der Waals surface area (Å²) in [5.74, 6) is -0.270. The van der Waals surface area contributed by atoms with Crippen LogP contribution in [-0.2, 0) is 16.0 Å². The Hall–Kier alpha value is -1.89. The van der Waals surface area contributed by atoms with E-state index in [2.05, 4.69) is 20.4 Å². The summed E-state index contributed by atoms with van der Waals surface area (Å²) in [6.45, 7) is 11.2. The third kappa shape index (κ3) is 5.09. The van der Waals surface area contributed by atoms with Gasteiger partial charge in [-0.15, -0.1) is 0 Å². The van der Waals surface area contributed by atoms with Crippen molar-refractivity contribution in [2.45, 2.75) is 19.9 Å². The van der Waals surface area contributed by atoms with Gasteiger partial charge in [0.1, 0.15) is 0 Å². The van der Waals surface area contributed by atoms with Crippen molar-refractivity contribution < 1.29 is 14.3 Å². The molecule has 0 spiro atoms. The Morgan fingerprint density at radius 3 is 2.44 bits per heavy atom. The molecule has 0 aliphatic carbocycles. The van der Waals surface area contributed by atoms with Crippen molar-refractivity contribution in [2.24, 2.45) is 0 Å². The van der Waals surface area contributed by atoms with Gasteiger partial charge in [-0.05, 0) is 26.0 Å². The van der Waals surface area contributed by atoms with Crippen LogP contribution in [0.25, 0.3) is 10.9 Å². The summed E-state index contributed by atoms with van der Waals surface area (Å²) in [6, 6.07) is 8.03. The van der Waals surface area contributed by atoms with E-state index in [0.29, 0.717) is 5.56 Å². The molecule has 0 amide bonds. The highest BCUT2D eigenvalue weighted by molar-refractivity contribution is 6.04. The lowest BCUT2D eigenvalue weighted by atomic mass is 10.2. The molecule has 6 nitrogen and oxygen atoms in total. The summed E-state index contributed by atoms with van der Waals surface area (Å²) in [7, 11) is 1.43. The highest BCUT2D eigenvalue weighted by Gasteiger charge is 2.17. The molecular formula is C21H31N3O3. The average Bonchev–Trinajstić information content (AvgIpc) is 3.08. The molecule has 148 valence electrons. The van der Waals surface area contributed by atoms with Crippen LogP contribution in [0.3, 0.4) is 0 Å². The number of rotatable bonds is 9. The average molecular weight is 373 g/mol. The van der Waals surface area contributed by atoms with Crippen LogP contribution in [0.1, 0.15) is 23.7 Å². The molecule has 0 atom stereocenters. The molecule has 0 bridgehead atoms. The maximum absolute atomic E-state index is 12.0. The summed E-state index contributed by atoms with van der Waals surface area (Å²) in [4.78, 5) is 17.0. The van der Waals surface area contributed by atoms with Gasteiger partial charge < -0.3 is 18.9 Å². The summed E-state index contributed by atoms with van der Waals surface area (Å²) in [5.41, 5.74) is 1.75. The number of nitrogens with zero attached hydrogens (tertiary/aromatic N) is 3. The fraction of sp³-hybridized carbons (Fsp3) is 0.571. The molecule has 1 saturated heterocycles. The lowest BCUT2D eigenvalue weighted by Gasteiger charge is -2.34. The third-order valence-corrected chi connectivity index (χ3v) is 5.29. The second kappa shape index (κ2) is 9.88. The number of hydrogen-bond donors (Lipinski definition) is 0. The Bertz CT molecular complexity index is 735. The topological polar surface area (TPSA) is 46.9 Å². The second-order valence-corrected chi connectivity index (χ2v) is 6.98. The van der Waals surface area contributed by atoms with Gasteiger partial charge in [-0.1, -0.05) is 18.2 Å². The first kappa shape index (κ1) is 19.9. The summed E-state index contributed by atoms with van der Waals surface area (Å²) < 4.78 is 12.6. The summed E-state index contributed by atoms with van der Waals surface area (Å²) in [5, 5.41) is 0.965. The third-order valence-electron chi connectivity index (χ3n) is 5.29. The second-order valence-electron chi connectivity index (χ2n) is 6.98. The zero-order chi connectivity index (χ0) is 19.1. The number of ether oxygens (including phenoxy) is 2. The zero-order valence-electron chi connectivity index (χ0n) is 16.5. The van der Waals surface area contributed by atoms with Gasteiger partial charge >= 0.3 is 5.97 Å². The van der Waals surface area contributed by atoms with Crippen molar-refractivity contribution in [3.05, 3.63) is 36.0 Å². The van der Waals surface area contributed by atoms with Gasteiger partial charge in [0.2, 0.25) is 0 Å². The SMILES string of the molecule is CCOCCN1CCN(CCCn2cc(C(=O)OC)c3ccccc32)CC1. The number of benzene rings is 1. The lowest BCUT2D eigenvalue weighted by molar-refractivity contribution is 0.0602. The molecular weight excluding hydrogens is 342 g/mol. The number of aryl methyl sites for hydroxylation is 1. The van der Waals surface area contributed by atoms with E-state index >= 15 is 0 Å². The molecule has 0 unspecified atom stereocenters. The molecule has 0 N–H and O–H groups in total. The monoisotopic (exact) mass is 373 g/mol. The Balaban J connectivity index is 1.49. The van der Waals surface area contributed by atoms with E-state index in [4.69, 9.17) is 9.47 Å². The van der Waals surface area contributed by atoms with Gasteiger partial charge in [-0.2, -0.15) is 0 Å². The minimum absolute atomic E-state index is 0.270. The van der Waals surface area contributed by atoms with E-state index in [-0.39, 0.29) is 5.97 Å². The molecule has 1 aliphatic rings. The van der Waals surface area contributed by atoms with Gasteiger partial charge in [-0.25, -0.2) is 4.79 Å². The van der Waals surface area contributed by atoms with Gasteiger partial charge in [0, 0.05) is 63.0 Å². The van der Waals surface area contributed by atoms with Crippen molar-refractivity contribution in [2.75, 3.05) is 59.6 Å². The molecule has 27 heavy (non-hydrogen) atoms. The minimum Gasteiger partial charge on any atom is -0.465 e. The standard InChI is InChI=1S/C21H31N3O3/c1-3-27-16-15-23-13-11-22(12-14-23)9-6-10-24-17-19(21(25)26-2)18-7-4-5-8-20(18)24/h4-5,7-8,17H,3,6,9-16H2,1-2H3. The highest BCUT2D eigenvalue weighted by atomic mass is 16.5. The van der Waals surface area contributed by atoms with Crippen LogP contribution in [0.4, 0.5) is 0 Å². The molecule has 0 saturated carbocycles. The van der Waals surface area contributed by atoms with Crippen LogP contribution in [-0.4, -0.2) is 79.9 Å². The molecule has 2 aromatic rings. The molecule has 1 fully saturated rings. The number of para-hydroxylation sites is 1. The number of carbonyl (C=O) groups excluding carboxylic acids is 1. The first-order valence-corrected chi connectivity index (χ1v) is 9.91. The van der Waals surface area contributed by atoms with Crippen LogP contribution >= 0.6 is 0 Å². The van der Waals surface area contributed by atoms with Gasteiger partial charge in [-0.3, -0.25) is 4.90 Å². The van der Waals surface area contributed by atoms with E-state index < -0.39 is 0 Å². The normalized spacial score (nSPS) is 16.1. The van der Waals surface area contributed by atoms with Crippen LogP contribution in [0.5, 0.6) is 0 Å². The summed E-state index contributed by atoms with van der Waals surface area (Å²) in [6.07, 6.45) is 3.00. The Morgan fingerprint density at radius 2 is 1.74 bits per heavy atom. The van der Waals surface area contributed by atoms with Crippen molar-refractivity contribution in [1.29, 1.82) is 0 Å². The van der Waals surface area contributed by atoms with E-state index in [1.54, 1.807) is 0 Å². The van der Waals surface area contributed by atoms with Crippen LogP contribution in [0.2, 0.25) is 0 Å². The number of fused-ring (bicyclic) bond motifs is 1. The molecule has 2 heterocycles. The van der Waals surface area contributed by atoms with Crippen molar-refractivity contribution in [3.8, 4) is 0 Å². The van der Waals surface area contributed by atoms with E-state index in [1.165, 1.54) is 7.11 Å². The number of esters is 1. The summed E-state index contributed by atoms with van der Waals surface area (Å²) >= 11 is 0. The fourth-order valence-corrected chi connectivity index (χ4v) is 3.74. The van der Waals surface area contributed by atoms with Gasteiger partial charge in [0.15, 0.2) is 0 Å². The van der Waals surface area contributed by atoms with Gasteiger partial charge in [0.05, 0.1) is 19.3 Å². The molecule has 1 aromatic heterocycles. The maximum atomic E-state index is 12.0. The number of piperazine rings is 1. The van der Waals surface area contributed by atoms with E-state index in [0.717, 1.165) is 76.4 Å². The first-order valence-electron chi connectivity index (χ1n) is 9.91. The smallest absolute Gasteiger partial charge is 0.340 e. The van der Waals surface area contributed by atoms with Crippen LogP contribution < -0.4 is 0 Å². The van der Waals surface area contributed by atoms with Gasteiger partial charge in [0.25, 0.3) is 0 Å². The largest absolute Gasteiger partial charge is 0.465 e. The van der Waals surface area contributed by atoms with E-state index in [1.807, 2.05) is 31.3 Å². The quantitative estimate of drug-likeness (QED) is 0.499. The molecule has 6 heteroatoms. The van der Waals surface area contributed by atoms with Crippen molar-refractivity contribution >= 4 is 16.9 Å². The predicted octanol–water partition coefficient (Wildman–Crippen LogP) is 2.47. The number of carbonyl (C=O) groups is 1. The van der Waals surface area contributed by atoms with Crippen molar-refractivity contribution in [1.82, 2.24) is 14.4 Å². The van der Waals surface area contributed by atoms with Crippen molar-refractivity contribution in [3.63, 3.8) is 0 Å². The Labute approximate surface area is 161 Å². The maximum Gasteiger partial charge on any atom is 0.340 e. The minimum atomic E-state index is -0.270. The molecule has 0 radical (unpaired) electrons. The first-order chi connectivity index (χ1) is 13.2. The zero-order valence-corrected chi connectivity index (χ0v) is 16.5. The van der Waals surface area contributed by atoms with E-state index in [9.17, 15) is 4.79 Å². The van der Waals surface area contributed by atoms with Crippen LogP contribution in [0.15, 0.2) is 30.5 Å². The number of methoxy groups -OCH3 is 1. The molecule has 3 rings (SSSR count). The number of aromatic nitrogens is 1. The Morgan fingerprint density at radius 1 is 1.04 bits per heavy atom. The lowest BCUT2D eigenvalue weighted by Crippen LogP contribution is -2.47. The Kier molecular flexibility index (Phi) is 7.26. The highest BCUT2D eigenvalue weighted by Crippen LogP contribution is 2.22. The molecule has 1 aliphatic heterocycles. The van der Waals surface area contributed by atoms with Crippen LogP contribution in [0, 0.1) is 0 Å². The molecule has 1 aromatic carbocycles. The predicted molar refractivity (Wildman–Crippen MR) is 107 cm³/mol. The number of hydrogen-bond acceptors (Lipinski definition) is 5.